The second-order valence-corrected chi connectivity index (χ2v) is 8.27. The molecule has 0 spiro atoms. The first-order chi connectivity index (χ1) is 15.8. The average Bonchev–Trinajstić information content (AvgIpc) is 3.38. The summed E-state index contributed by atoms with van der Waals surface area (Å²) < 4.78 is 49.7. The van der Waals surface area contributed by atoms with Gasteiger partial charge in [0.2, 0.25) is 0 Å². The molecule has 5 rings (SSSR count). The van der Waals surface area contributed by atoms with Gasteiger partial charge in [-0.05, 0) is 6.92 Å². The van der Waals surface area contributed by atoms with Crippen molar-refractivity contribution in [1.29, 1.82) is 0 Å². The van der Waals surface area contributed by atoms with E-state index in [-0.39, 0.29) is 42.1 Å². The summed E-state index contributed by atoms with van der Waals surface area (Å²) in [5.41, 5.74) is 12.9. The Balaban J connectivity index is 1.89. The van der Waals surface area contributed by atoms with Crippen molar-refractivity contribution in [3.8, 4) is 17.1 Å². The molecule has 1 fully saturated rings. The maximum atomic E-state index is 15.2. The number of aromatic amines is 1. The largest absolute Gasteiger partial charge is 0.467 e. The van der Waals surface area contributed by atoms with Crippen LogP contribution in [-0.2, 0) is 0 Å². The van der Waals surface area contributed by atoms with Crippen LogP contribution in [-0.4, -0.2) is 52.3 Å². The summed E-state index contributed by atoms with van der Waals surface area (Å²) in [5, 5.41) is 0.274. The van der Waals surface area contributed by atoms with E-state index in [0.29, 0.717) is 40.1 Å². The van der Waals surface area contributed by atoms with Crippen LogP contribution >= 0.6 is 0 Å². The molecular formula is C22H22F3N7O. The van der Waals surface area contributed by atoms with Gasteiger partial charge in [-0.1, -0.05) is 0 Å². The third kappa shape index (κ3) is 3.22. The van der Waals surface area contributed by atoms with Crippen molar-refractivity contribution >= 4 is 33.3 Å². The molecule has 1 saturated heterocycles. The van der Waals surface area contributed by atoms with Crippen LogP contribution in [0.25, 0.3) is 33.1 Å². The Bertz CT molecular complexity index is 1390. The normalized spacial score (nSPS) is 18.5. The number of H-pyrrole nitrogens is 1. The molecule has 1 atom stereocenters. The van der Waals surface area contributed by atoms with Gasteiger partial charge >= 0.3 is 6.01 Å². The fourth-order valence-electron chi connectivity index (χ4n) is 4.55. The molecule has 0 bridgehead atoms. The lowest BCUT2D eigenvalue weighted by Crippen LogP contribution is -2.36. The number of nitrogen functional groups attached to an aromatic ring is 1. The van der Waals surface area contributed by atoms with Crippen LogP contribution in [0.15, 0.2) is 18.5 Å². The van der Waals surface area contributed by atoms with Crippen molar-refractivity contribution in [2.24, 2.45) is 5.73 Å². The maximum absolute atomic E-state index is 15.2. The van der Waals surface area contributed by atoms with Crippen LogP contribution in [0, 0.1) is 18.6 Å². The van der Waals surface area contributed by atoms with Gasteiger partial charge in [0.05, 0.1) is 41.3 Å². The number of hydrogen-bond donors (Lipinski definition) is 3. The predicted molar refractivity (Wildman–Crippen MR) is 120 cm³/mol. The van der Waals surface area contributed by atoms with Crippen molar-refractivity contribution < 1.29 is 17.9 Å². The van der Waals surface area contributed by atoms with Crippen LogP contribution in [0.3, 0.4) is 0 Å². The zero-order valence-electron chi connectivity index (χ0n) is 18.0. The van der Waals surface area contributed by atoms with Crippen molar-refractivity contribution in [3.05, 3.63) is 35.8 Å². The smallest absolute Gasteiger partial charge is 0.316 e. The van der Waals surface area contributed by atoms with Crippen molar-refractivity contribution in [3.63, 3.8) is 0 Å². The molecule has 0 amide bonds. The quantitative estimate of drug-likeness (QED) is 0.403. The van der Waals surface area contributed by atoms with Crippen LogP contribution in [0.1, 0.15) is 12.1 Å². The number of benzene rings is 1. The third-order valence-electron chi connectivity index (χ3n) is 6.18. The number of aryl methyl sites for hydroxylation is 1. The number of alkyl halides is 1. The minimum atomic E-state index is -1.61. The Morgan fingerprint density at radius 1 is 1.24 bits per heavy atom. The number of halogens is 3. The molecule has 11 heteroatoms. The van der Waals surface area contributed by atoms with Gasteiger partial charge in [-0.3, -0.25) is 0 Å². The molecule has 1 aliphatic rings. The SMILES string of the molecule is COc1ncc(-c2c(C)nc3[nH]c4c(N)cc(F)c(F)c4c3c2N2CCC(F)(CN)C2)cn1. The fraction of sp³-hybridized carbons (Fsp3) is 0.318. The average molecular weight is 457 g/mol. The lowest BCUT2D eigenvalue weighted by molar-refractivity contribution is 0.204. The highest BCUT2D eigenvalue weighted by atomic mass is 19.2. The number of pyridine rings is 1. The molecule has 0 saturated carbocycles. The summed E-state index contributed by atoms with van der Waals surface area (Å²) in [4.78, 5) is 17.7. The monoisotopic (exact) mass is 457 g/mol. The highest BCUT2D eigenvalue weighted by Crippen LogP contribution is 2.46. The lowest BCUT2D eigenvalue weighted by atomic mass is 10.00. The minimum Gasteiger partial charge on any atom is -0.467 e. The van der Waals surface area contributed by atoms with Crippen molar-refractivity contribution in [2.45, 2.75) is 19.0 Å². The topological polar surface area (TPSA) is 119 Å². The molecule has 1 unspecified atom stereocenters. The van der Waals surface area contributed by atoms with Gasteiger partial charge in [0.25, 0.3) is 0 Å². The fourth-order valence-corrected chi connectivity index (χ4v) is 4.55. The van der Waals surface area contributed by atoms with E-state index in [4.69, 9.17) is 16.2 Å². The van der Waals surface area contributed by atoms with Gasteiger partial charge < -0.3 is 26.1 Å². The van der Waals surface area contributed by atoms with E-state index in [9.17, 15) is 4.39 Å². The third-order valence-corrected chi connectivity index (χ3v) is 6.18. The molecule has 1 aliphatic heterocycles. The first-order valence-electron chi connectivity index (χ1n) is 10.4. The van der Waals surface area contributed by atoms with E-state index in [2.05, 4.69) is 19.9 Å². The summed E-state index contributed by atoms with van der Waals surface area (Å²) in [6, 6.07) is 1.10. The molecule has 4 heterocycles. The molecule has 4 aromatic rings. The molecular weight excluding hydrogens is 435 g/mol. The van der Waals surface area contributed by atoms with Gasteiger partial charge in [0, 0.05) is 54.8 Å². The maximum Gasteiger partial charge on any atom is 0.316 e. The van der Waals surface area contributed by atoms with E-state index in [1.165, 1.54) is 7.11 Å². The second kappa shape index (κ2) is 7.48. The zero-order chi connectivity index (χ0) is 23.5. The highest BCUT2D eigenvalue weighted by Gasteiger charge is 2.39. The molecule has 0 radical (unpaired) electrons. The first-order valence-corrected chi connectivity index (χ1v) is 10.4. The van der Waals surface area contributed by atoms with Crippen LogP contribution in [0.5, 0.6) is 6.01 Å². The zero-order valence-corrected chi connectivity index (χ0v) is 18.0. The van der Waals surface area contributed by atoms with Gasteiger partial charge in [-0.25, -0.2) is 28.1 Å². The van der Waals surface area contributed by atoms with Gasteiger partial charge in [0.1, 0.15) is 11.3 Å². The van der Waals surface area contributed by atoms with Crippen LogP contribution in [0.4, 0.5) is 24.5 Å². The van der Waals surface area contributed by atoms with Crippen LogP contribution in [0.2, 0.25) is 0 Å². The minimum absolute atomic E-state index is 0.00877. The first kappa shape index (κ1) is 21.3. The predicted octanol–water partition coefficient (Wildman–Crippen LogP) is 3.23. The summed E-state index contributed by atoms with van der Waals surface area (Å²) in [6.07, 6.45) is 3.30. The number of hydrogen-bond acceptors (Lipinski definition) is 7. The Morgan fingerprint density at radius 3 is 2.61 bits per heavy atom. The Kier molecular flexibility index (Phi) is 4.82. The van der Waals surface area contributed by atoms with Crippen molar-refractivity contribution in [2.75, 3.05) is 37.4 Å². The van der Waals surface area contributed by atoms with E-state index < -0.39 is 17.3 Å². The number of rotatable bonds is 4. The van der Waals surface area contributed by atoms with Crippen LogP contribution < -0.4 is 21.1 Å². The van der Waals surface area contributed by atoms with E-state index in [0.717, 1.165) is 6.07 Å². The number of nitrogens with one attached hydrogen (secondary N) is 1. The number of fused-ring (bicyclic) bond motifs is 3. The molecule has 33 heavy (non-hydrogen) atoms. The summed E-state index contributed by atoms with van der Waals surface area (Å²) in [6.45, 7) is 1.94. The van der Waals surface area contributed by atoms with Crippen molar-refractivity contribution in [1.82, 2.24) is 19.9 Å². The van der Waals surface area contributed by atoms with Gasteiger partial charge in [-0.2, -0.15) is 0 Å². The number of nitrogens with two attached hydrogens (primary N) is 2. The molecule has 172 valence electrons. The number of aromatic nitrogens is 4. The summed E-state index contributed by atoms with van der Waals surface area (Å²) in [5.74, 6) is -2.14. The molecule has 0 aliphatic carbocycles. The summed E-state index contributed by atoms with van der Waals surface area (Å²) >= 11 is 0. The van der Waals surface area contributed by atoms with Gasteiger partial charge in [-0.15, -0.1) is 0 Å². The Labute approximate surface area is 186 Å². The van der Waals surface area contributed by atoms with E-state index in [1.807, 2.05) is 0 Å². The molecule has 3 aromatic heterocycles. The Morgan fingerprint density at radius 2 is 1.97 bits per heavy atom. The second-order valence-electron chi connectivity index (χ2n) is 8.27. The van der Waals surface area contributed by atoms with E-state index in [1.54, 1.807) is 24.2 Å². The highest BCUT2D eigenvalue weighted by molar-refractivity contribution is 6.18. The number of ether oxygens (including phenoxy) is 1. The van der Waals surface area contributed by atoms with E-state index >= 15 is 8.78 Å². The Hall–Kier alpha value is -3.60. The number of methoxy groups -OCH3 is 1. The number of nitrogens with zero attached hydrogens (tertiary/aromatic N) is 4. The summed E-state index contributed by atoms with van der Waals surface area (Å²) in [7, 11) is 1.45. The molecule has 1 aromatic carbocycles. The number of anilines is 2. The molecule has 5 N–H and O–H groups in total. The molecule has 8 nitrogen and oxygen atoms in total. The van der Waals surface area contributed by atoms with Gasteiger partial charge in [0.15, 0.2) is 11.6 Å². The standard InChI is InChI=1S/C22H22F3N7O/c1-10-14(11-6-28-21(33-2)29-7-11)19(32-4-3-22(25,8-26)9-32)16-15-17(24)12(23)5-13(27)18(15)31-20(16)30-10/h5-7H,3-4,8-9,26-27H2,1-2H3,(H,30,31). The lowest BCUT2D eigenvalue weighted by Gasteiger charge is -2.25.